The summed E-state index contributed by atoms with van der Waals surface area (Å²) in [6, 6.07) is 20.6. The van der Waals surface area contributed by atoms with E-state index < -0.39 is 17.6 Å². The maximum Gasteiger partial charge on any atom is 0.416 e. The third-order valence-electron chi connectivity index (χ3n) is 7.45. The molecule has 0 unspecified atom stereocenters. The van der Waals surface area contributed by atoms with Gasteiger partial charge in [0.1, 0.15) is 0 Å². The van der Waals surface area contributed by atoms with Crippen molar-refractivity contribution in [2.45, 2.75) is 33.2 Å². The summed E-state index contributed by atoms with van der Waals surface area (Å²) in [6.45, 7) is 6.61. The molecule has 0 atom stereocenters. The molecule has 4 aromatic rings. The summed E-state index contributed by atoms with van der Waals surface area (Å²) in [5, 5.41) is 14.5. The van der Waals surface area contributed by atoms with Crippen molar-refractivity contribution in [3.8, 4) is 11.3 Å². The monoisotopic (exact) mass is 664 g/mol. The minimum Gasteiger partial charge on any atom is -0.394 e. The van der Waals surface area contributed by atoms with Crippen LogP contribution in [-0.4, -0.2) is 61.4 Å². The van der Waals surface area contributed by atoms with Gasteiger partial charge in [-0.2, -0.15) is 13.2 Å². The summed E-state index contributed by atoms with van der Waals surface area (Å²) in [4.78, 5) is 33.2. The predicted molar refractivity (Wildman–Crippen MR) is 178 cm³/mol. The van der Waals surface area contributed by atoms with Crippen LogP contribution in [0.3, 0.4) is 0 Å². The maximum absolute atomic E-state index is 13.4. The summed E-state index contributed by atoms with van der Waals surface area (Å²) in [5.41, 5.74) is 3.39. The highest BCUT2D eigenvalue weighted by atomic mass is 19.4. The van der Waals surface area contributed by atoms with Gasteiger partial charge in [-0.1, -0.05) is 24.3 Å². The first kappa shape index (κ1) is 36.1. The molecule has 4 rings (SSSR count). The van der Waals surface area contributed by atoms with Gasteiger partial charge in [-0.15, -0.1) is 0 Å². The fourth-order valence-corrected chi connectivity index (χ4v) is 4.97. The van der Waals surface area contributed by atoms with Crippen LogP contribution < -0.4 is 15.5 Å². The number of rotatable bonds is 16. The Morgan fingerprint density at radius 1 is 0.833 bits per heavy atom. The lowest BCUT2D eigenvalue weighted by Crippen LogP contribution is -2.23. The molecule has 0 aliphatic carbocycles. The Hall–Kier alpha value is -4.78. The number of amides is 2. The molecule has 0 saturated carbocycles. The summed E-state index contributed by atoms with van der Waals surface area (Å²) in [7, 11) is 0. The largest absolute Gasteiger partial charge is 0.416 e. The Kier molecular flexibility index (Phi) is 13.1. The molecular formula is C36H39F3N4O5. The predicted octanol–water partition coefficient (Wildman–Crippen LogP) is 6.32. The molecule has 3 N–H and O–H groups in total. The van der Waals surface area contributed by atoms with Crippen molar-refractivity contribution in [3.63, 3.8) is 0 Å². The lowest BCUT2D eigenvalue weighted by Gasteiger charge is -2.23. The SMILES string of the molecule is CCN(CC)c1ccc(NC(=O)c2cccc(COCCOCCO)c2)c(-c2cc(C(=O)NCc3cccc(C(F)(F)F)c3)ccn2)c1. The minimum atomic E-state index is -4.49. The van der Waals surface area contributed by atoms with Crippen molar-refractivity contribution in [2.75, 3.05) is 49.7 Å². The van der Waals surface area contributed by atoms with Crippen LogP contribution >= 0.6 is 0 Å². The number of pyridine rings is 1. The van der Waals surface area contributed by atoms with E-state index in [0.717, 1.165) is 36.5 Å². The summed E-state index contributed by atoms with van der Waals surface area (Å²) < 4.78 is 50.2. The minimum absolute atomic E-state index is 0.0553. The van der Waals surface area contributed by atoms with E-state index in [2.05, 4.69) is 20.5 Å². The molecule has 1 aromatic heterocycles. The van der Waals surface area contributed by atoms with Crippen molar-refractivity contribution in [1.82, 2.24) is 10.3 Å². The van der Waals surface area contributed by atoms with Gasteiger partial charge in [-0.3, -0.25) is 14.6 Å². The van der Waals surface area contributed by atoms with Crippen LogP contribution in [0.5, 0.6) is 0 Å². The Labute approximate surface area is 277 Å². The van der Waals surface area contributed by atoms with Gasteiger partial charge < -0.3 is 30.1 Å². The molecule has 3 aromatic carbocycles. The number of nitrogens with one attached hydrogen (secondary N) is 2. The average molecular weight is 665 g/mol. The van der Waals surface area contributed by atoms with E-state index in [1.54, 1.807) is 30.3 Å². The molecule has 9 nitrogen and oxygen atoms in total. The molecular weight excluding hydrogens is 625 g/mol. The summed E-state index contributed by atoms with van der Waals surface area (Å²) in [6.07, 6.45) is -3.01. The molecule has 12 heteroatoms. The highest BCUT2D eigenvalue weighted by Crippen LogP contribution is 2.33. The molecule has 0 bridgehead atoms. The Morgan fingerprint density at radius 2 is 1.56 bits per heavy atom. The molecule has 1 heterocycles. The first-order chi connectivity index (χ1) is 23.1. The van der Waals surface area contributed by atoms with Gasteiger partial charge in [0.15, 0.2) is 0 Å². The van der Waals surface area contributed by atoms with Crippen LogP contribution in [0.15, 0.2) is 85.1 Å². The van der Waals surface area contributed by atoms with Crippen molar-refractivity contribution >= 4 is 23.2 Å². The number of nitrogens with zero attached hydrogens (tertiary/aromatic N) is 2. The lowest BCUT2D eigenvalue weighted by atomic mass is 10.0. The van der Waals surface area contributed by atoms with Crippen molar-refractivity contribution in [1.29, 1.82) is 0 Å². The molecule has 0 saturated heterocycles. The van der Waals surface area contributed by atoms with Crippen molar-refractivity contribution < 1.29 is 37.3 Å². The van der Waals surface area contributed by atoms with Gasteiger partial charge >= 0.3 is 6.18 Å². The first-order valence-electron chi connectivity index (χ1n) is 15.6. The van der Waals surface area contributed by atoms with E-state index in [9.17, 15) is 22.8 Å². The Bertz CT molecular complexity index is 1680. The fourth-order valence-electron chi connectivity index (χ4n) is 4.97. The smallest absolute Gasteiger partial charge is 0.394 e. The molecule has 2 amide bonds. The number of carbonyl (C=O) groups excluding carboxylic acids is 2. The van der Waals surface area contributed by atoms with Gasteiger partial charge in [-0.25, -0.2) is 0 Å². The highest BCUT2D eigenvalue weighted by molar-refractivity contribution is 6.06. The number of anilines is 2. The normalized spacial score (nSPS) is 11.3. The zero-order chi connectivity index (χ0) is 34.5. The summed E-state index contributed by atoms with van der Waals surface area (Å²) >= 11 is 0. The van der Waals surface area contributed by atoms with Crippen LogP contribution in [0.25, 0.3) is 11.3 Å². The van der Waals surface area contributed by atoms with E-state index >= 15 is 0 Å². The standard InChI is InChI=1S/C36H39F3N4O5/c1-3-43(4-2)30-11-12-32(42-35(46)27-9-5-8-26(19-27)24-48-18-17-47-16-15-44)31(22-30)33-21-28(13-14-40-33)34(45)41-23-25-7-6-10-29(20-25)36(37,38)39/h5-14,19-22,44H,3-4,15-18,23-24H2,1-2H3,(H,41,45)(H,42,46). The number of hydrogen-bond donors (Lipinski definition) is 3. The molecule has 0 fully saturated rings. The number of aliphatic hydroxyl groups excluding tert-OH is 1. The number of hydrogen-bond acceptors (Lipinski definition) is 7. The molecule has 0 spiro atoms. The van der Waals surface area contributed by atoms with Crippen LogP contribution in [0.1, 0.15) is 51.3 Å². The number of aromatic nitrogens is 1. The van der Waals surface area contributed by atoms with E-state index in [0.29, 0.717) is 41.3 Å². The molecule has 0 aliphatic rings. The second-order valence-corrected chi connectivity index (χ2v) is 10.8. The second kappa shape index (κ2) is 17.4. The van der Waals surface area contributed by atoms with E-state index in [-0.39, 0.29) is 37.8 Å². The molecule has 0 aliphatic heterocycles. The Morgan fingerprint density at radius 3 is 2.31 bits per heavy atom. The van der Waals surface area contributed by atoms with Gasteiger partial charge in [0.05, 0.1) is 50.0 Å². The fraction of sp³-hybridized carbons (Fsp3) is 0.306. The van der Waals surface area contributed by atoms with E-state index in [1.807, 2.05) is 32.0 Å². The molecule has 0 radical (unpaired) electrons. The number of halogens is 3. The average Bonchev–Trinajstić information content (AvgIpc) is 3.09. The van der Waals surface area contributed by atoms with Gasteiger partial charge in [-0.05, 0) is 79.6 Å². The van der Waals surface area contributed by atoms with Crippen LogP contribution in [0, 0.1) is 0 Å². The van der Waals surface area contributed by atoms with E-state index in [4.69, 9.17) is 14.6 Å². The molecule has 48 heavy (non-hydrogen) atoms. The zero-order valence-corrected chi connectivity index (χ0v) is 26.8. The first-order valence-corrected chi connectivity index (χ1v) is 15.6. The Balaban J connectivity index is 1.54. The van der Waals surface area contributed by atoms with Crippen molar-refractivity contribution in [3.05, 3.63) is 113 Å². The van der Waals surface area contributed by atoms with E-state index in [1.165, 1.54) is 24.4 Å². The maximum atomic E-state index is 13.4. The topological polar surface area (TPSA) is 113 Å². The number of benzene rings is 3. The van der Waals surface area contributed by atoms with Crippen LogP contribution in [0.4, 0.5) is 24.5 Å². The quantitative estimate of drug-likeness (QED) is 0.120. The van der Waals surface area contributed by atoms with Crippen LogP contribution in [-0.2, 0) is 28.8 Å². The number of ether oxygens (including phenoxy) is 2. The number of alkyl halides is 3. The lowest BCUT2D eigenvalue weighted by molar-refractivity contribution is -0.137. The second-order valence-electron chi connectivity index (χ2n) is 10.8. The summed E-state index contributed by atoms with van der Waals surface area (Å²) in [5.74, 6) is -0.838. The van der Waals surface area contributed by atoms with Gasteiger partial charge in [0, 0.05) is 48.2 Å². The third kappa shape index (κ3) is 10.1. The third-order valence-corrected chi connectivity index (χ3v) is 7.45. The van der Waals surface area contributed by atoms with Crippen molar-refractivity contribution in [2.24, 2.45) is 0 Å². The van der Waals surface area contributed by atoms with Gasteiger partial charge in [0.25, 0.3) is 11.8 Å². The number of aliphatic hydroxyl groups is 1. The van der Waals surface area contributed by atoms with Gasteiger partial charge in [0.2, 0.25) is 0 Å². The molecule has 254 valence electrons. The zero-order valence-electron chi connectivity index (χ0n) is 26.8. The number of carbonyl (C=O) groups is 2. The van der Waals surface area contributed by atoms with Crippen LogP contribution in [0.2, 0.25) is 0 Å². The highest BCUT2D eigenvalue weighted by Gasteiger charge is 2.30.